The van der Waals surface area contributed by atoms with E-state index in [1.807, 2.05) is 0 Å². The Kier molecular flexibility index (Phi) is 5.03. The van der Waals surface area contributed by atoms with Crippen LogP contribution in [0.5, 0.6) is 0 Å². The van der Waals surface area contributed by atoms with Crippen molar-refractivity contribution in [3.05, 3.63) is 0 Å². The summed E-state index contributed by atoms with van der Waals surface area (Å²) < 4.78 is 4.98. The molecule has 21 heavy (non-hydrogen) atoms. The zero-order valence-corrected chi connectivity index (χ0v) is 12.4. The second-order valence-corrected chi connectivity index (χ2v) is 5.76. The number of likely N-dealkylation sites (tertiary alicyclic amines) is 2. The fourth-order valence-corrected chi connectivity index (χ4v) is 2.98. The van der Waals surface area contributed by atoms with Gasteiger partial charge in [-0.05, 0) is 19.8 Å². The summed E-state index contributed by atoms with van der Waals surface area (Å²) in [6.07, 6.45) is 1.60. The van der Waals surface area contributed by atoms with Gasteiger partial charge in [-0.3, -0.25) is 9.59 Å². The molecule has 0 aromatic rings. The molecule has 2 fully saturated rings. The minimum absolute atomic E-state index is 0.0738. The van der Waals surface area contributed by atoms with E-state index < -0.39 is 0 Å². The van der Waals surface area contributed by atoms with Crippen LogP contribution >= 0.6 is 0 Å². The van der Waals surface area contributed by atoms with E-state index in [1.165, 1.54) is 0 Å². The fourth-order valence-electron chi connectivity index (χ4n) is 2.98. The molecule has 2 heterocycles. The van der Waals surface area contributed by atoms with Crippen molar-refractivity contribution in [2.75, 3.05) is 32.8 Å². The molecule has 0 radical (unpaired) electrons. The number of rotatable bonds is 4. The van der Waals surface area contributed by atoms with Gasteiger partial charge in [-0.2, -0.15) is 0 Å². The molecule has 0 aromatic carbocycles. The third kappa shape index (κ3) is 3.86. The fraction of sp³-hybridized carbons (Fsp3) is 0.786. The Bertz CT molecular complexity index is 420. The van der Waals surface area contributed by atoms with Gasteiger partial charge in [-0.1, -0.05) is 0 Å². The van der Waals surface area contributed by atoms with Crippen molar-refractivity contribution in [3.63, 3.8) is 0 Å². The Labute approximate surface area is 124 Å². The van der Waals surface area contributed by atoms with Gasteiger partial charge in [0.15, 0.2) is 0 Å². The molecule has 2 N–H and O–H groups in total. The van der Waals surface area contributed by atoms with Crippen LogP contribution in [-0.4, -0.2) is 60.5 Å². The van der Waals surface area contributed by atoms with E-state index in [1.54, 1.807) is 16.7 Å². The molecule has 3 amide bonds. The molecule has 0 spiro atoms. The maximum Gasteiger partial charge on any atom is 0.409 e. The summed E-state index contributed by atoms with van der Waals surface area (Å²) >= 11 is 0. The number of primary amides is 1. The SMILES string of the molecule is CCOC(=O)N1CCC[C@@H](C(=O)N2CC(CC(N)=O)C2)C1. The molecule has 7 nitrogen and oxygen atoms in total. The van der Waals surface area contributed by atoms with Crippen molar-refractivity contribution >= 4 is 17.9 Å². The number of piperidine rings is 1. The molecular formula is C14H23N3O4. The lowest BCUT2D eigenvalue weighted by molar-refractivity contribution is -0.144. The first-order chi connectivity index (χ1) is 10.0. The topological polar surface area (TPSA) is 92.9 Å². The Morgan fingerprint density at radius 3 is 2.52 bits per heavy atom. The van der Waals surface area contributed by atoms with Crippen molar-refractivity contribution < 1.29 is 19.1 Å². The quantitative estimate of drug-likeness (QED) is 0.801. The highest BCUT2D eigenvalue weighted by molar-refractivity contribution is 5.81. The molecule has 0 saturated carbocycles. The monoisotopic (exact) mass is 297 g/mol. The summed E-state index contributed by atoms with van der Waals surface area (Å²) in [7, 11) is 0. The minimum atomic E-state index is -0.342. The smallest absolute Gasteiger partial charge is 0.409 e. The van der Waals surface area contributed by atoms with Crippen molar-refractivity contribution in [2.45, 2.75) is 26.2 Å². The van der Waals surface area contributed by atoms with Gasteiger partial charge < -0.3 is 20.3 Å². The highest BCUT2D eigenvalue weighted by atomic mass is 16.6. The van der Waals surface area contributed by atoms with Crippen LogP contribution < -0.4 is 5.73 Å². The summed E-state index contributed by atoms with van der Waals surface area (Å²) in [5, 5.41) is 0. The molecule has 2 aliphatic rings. The van der Waals surface area contributed by atoms with Gasteiger partial charge in [0.25, 0.3) is 0 Å². The number of ether oxygens (including phenoxy) is 1. The van der Waals surface area contributed by atoms with E-state index in [4.69, 9.17) is 10.5 Å². The summed E-state index contributed by atoms with van der Waals surface area (Å²) in [5.74, 6) is -0.211. The first-order valence-corrected chi connectivity index (χ1v) is 7.50. The lowest BCUT2D eigenvalue weighted by atomic mass is 9.91. The average molecular weight is 297 g/mol. The number of nitrogens with zero attached hydrogens (tertiary/aromatic N) is 2. The molecule has 2 saturated heterocycles. The van der Waals surface area contributed by atoms with Crippen molar-refractivity contribution in [1.82, 2.24) is 9.80 Å². The molecule has 2 aliphatic heterocycles. The number of amides is 3. The van der Waals surface area contributed by atoms with Crippen LogP contribution in [0.3, 0.4) is 0 Å². The van der Waals surface area contributed by atoms with Crippen LogP contribution in [-0.2, 0) is 14.3 Å². The molecule has 1 atom stereocenters. The van der Waals surface area contributed by atoms with E-state index in [-0.39, 0.29) is 29.7 Å². The average Bonchev–Trinajstić information content (AvgIpc) is 2.42. The summed E-state index contributed by atoms with van der Waals surface area (Å²) in [6.45, 7) is 4.37. The maximum absolute atomic E-state index is 12.4. The van der Waals surface area contributed by atoms with Gasteiger partial charge in [0.2, 0.25) is 11.8 Å². The molecule has 0 aliphatic carbocycles. The number of nitrogens with two attached hydrogens (primary N) is 1. The van der Waals surface area contributed by atoms with Crippen molar-refractivity contribution in [1.29, 1.82) is 0 Å². The minimum Gasteiger partial charge on any atom is -0.450 e. The van der Waals surface area contributed by atoms with Gasteiger partial charge >= 0.3 is 6.09 Å². The normalized spacial score (nSPS) is 22.6. The predicted molar refractivity (Wildman–Crippen MR) is 75.2 cm³/mol. The van der Waals surface area contributed by atoms with Crippen LogP contribution in [0.4, 0.5) is 4.79 Å². The lowest BCUT2D eigenvalue weighted by Crippen LogP contribution is -2.55. The van der Waals surface area contributed by atoms with Gasteiger partial charge in [-0.15, -0.1) is 0 Å². The Balaban J connectivity index is 1.80. The summed E-state index contributed by atoms with van der Waals surface area (Å²) in [6, 6.07) is 0. The predicted octanol–water partition coefficient (Wildman–Crippen LogP) is 0.189. The third-order valence-corrected chi connectivity index (χ3v) is 4.06. The largest absolute Gasteiger partial charge is 0.450 e. The molecule has 7 heteroatoms. The Morgan fingerprint density at radius 2 is 1.90 bits per heavy atom. The van der Waals surface area contributed by atoms with Gasteiger partial charge in [0, 0.05) is 38.5 Å². The molecule has 0 unspecified atom stereocenters. The molecule has 2 rings (SSSR count). The van der Waals surface area contributed by atoms with Crippen LogP contribution in [0, 0.1) is 11.8 Å². The number of hydrogen-bond acceptors (Lipinski definition) is 4. The van der Waals surface area contributed by atoms with E-state index >= 15 is 0 Å². The highest BCUT2D eigenvalue weighted by Gasteiger charge is 2.37. The standard InChI is InChI=1S/C14H23N3O4/c1-2-21-14(20)16-5-3-4-11(9-16)13(19)17-7-10(8-17)6-12(15)18/h10-11H,2-9H2,1H3,(H2,15,18)/t11-/m1/s1. The van der Waals surface area contributed by atoms with Crippen molar-refractivity contribution in [2.24, 2.45) is 17.6 Å². The van der Waals surface area contributed by atoms with Crippen LogP contribution in [0.25, 0.3) is 0 Å². The van der Waals surface area contributed by atoms with Crippen LogP contribution in [0.2, 0.25) is 0 Å². The van der Waals surface area contributed by atoms with Gasteiger partial charge in [0.05, 0.1) is 12.5 Å². The number of carbonyl (C=O) groups is 3. The zero-order valence-electron chi connectivity index (χ0n) is 12.4. The Hall–Kier alpha value is -1.79. The first kappa shape index (κ1) is 15.6. The third-order valence-electron chi connectivity index (χ3n) is 4.06. The van der Waals surface area contributed by atoms with E-state index in [0.717, 1.165) is 12.8 Å². The first-order valence-electron chi connectivity index (χ1n) is 7.50. The van der Waals surface area contributed by atoms with Crippen molar-refractivity contribution in [3.8, 4) is 0 Å². The molecular weight excluding hydrogens is 274 g/mol. The van der Waals surface area contributed by atoms with E-state index in [0.29, 0.717) is 39.2 Å². The lowest BCUT2D eigenvalue weighted by Gasteiger charge is -2.42. The second-order valence-electron chi connectivity index (χ2n) is 5.76. The van der Waals surface area contributed by atoms with Crippen LogP contribution in [0.1, 0.15) is 26.2 Å². The summed E-state index contributed by atoms with van der Waals surface area (Å²) in [5.41, 5.74) is 5.15. The van der Waals surface area contributed by atoms with Gasteiger partial charge in [-0.25, -0.2) is 4.79 Å². The van der Waals surface area contributed by atoms with E-state index in [2.05, 4.69) is 0 Å². The maximum atomic E-state index is 12.4. The van der Waals surface area contributed by atoms with Crippen LogP contribution in [0.15, 0.2) is 0 Å². The number of carbonyl (C=O) groups excluding carboxylic acids is 3. The zero-order chi connectivity index (χ0) is 15.4. The van der Waals surface area contributed by atoms with E-state index in [9.17, 15) is 14.4 Å². The second kappa shape index (κ2) is 6.78. The molecule has 0 bridgehead atoms. The summed E-state index contributed by atoms with van der Waals surface area (Å²) in [4.78, 5) is 38.3. The van der Waals surface area contributed by atoms with Gasteiger partial charge in [0.1, 0.15) is 0 Å². The highest BCUT2D eigenvalue weighted by Crippen LogP contribution is 2.25. The Morgan fingerprint density at radius 1 is 1.19 bits per heavy atom. The number of hydrogen-bond donors (Lipinski definition) is 1. The molecule has 118 valence electrons. The molecule has 0 aromatic heterocycles.